The summed E-state index contributed by atoms with van der Waals surface area (Å²) in [5.41, 5.74) is 1.08. The molecular formula is C13H19NO3. The van der Waals surface area contributed by atoms with Crippen LogP contribution < -0.4 is 10.1 Å². The molecule has 0 unspecified atom stereocenters. The Bertz CT molecular complexity index is 352. The van der Waals surface area contributed by atoms with Gasteiger partial charge in [0.05, 0.1) is 19.8 Å². The van der Waals surface area contributed by atoms with Crippen LogP contribution in [0.3, 0.4) is 0 Å². The number of ether oxygens (including phenoxy) is 2. The molecule has 0 saturated heterocycles. The lowest BCUT2D eigenvalue weighted by Crippen LogP contribution is -2.24. The van der Waals surface area contributed by atoms with E-state index in [0.717, 1.165) is 11.3 Å². The van der Waals surface area contributed by atoms with E-state index in [-0.39, 0.29) is 12.5 Å². The lowest BCUT2D eigenvalue weighted by molar-refractivity contribution is -0.142. The first kappa shape index (κ1) is 13.5. The third-order valence-corrected chi connectivity index (χ3v) is 2.11. The van der Waals surface area contributed by atoms with Crippen LogP contribution in [0.4, 0.5) is 0 Å². The SMILES string of the molecule is CCOC(=O)CNCc1cccc(OCC)c1. The molecule has 1 N–H and O–H groups in total. The lowest BCUT2D eigenvalue weighted by atomic mass is 10.2. The molecule has 94 valence electrons. The highest BCUT2D eigenvalue weighted by atomic mass is 16.5. The van der Waals surface area contributed by atoms with Gasteiger partial charge in [0, 0.05) is 6.54 Å². The van der Waals surface area contributed by atoms with Crippen molar-refractivity contribution in [1.82, 2.24) is 5.32 Å². The number of benzene rings is 1. The Hall–Kier alpha value is -1.55. The van der Waals surface area contributed by atoms with Gasteiger partial charge in [0.15, 0.2) is 0 Å². The predicted octanol–water partition coefficient (Wildman–Crippen LogP) is 1.74. The maximum Gasteiger partial charge on any atom is 0.319 e. The van der Waals surface area contributed by atoms with E-state index in [0.29, 0.717) is 19.8 Å². The van der Waals surface area contributed by atoms with Crippen molar-refractivity contribution in [1.29, 1.82) is 0 Å². The molecule has 0 heterocycles. The number of nitrogens with one attached hydrogen (secondary N) is 1. The highest BCUT2D eigenvalue weighted by Crippen LogP contribution is 2.12. The Morgan fingerprint density at radius 1 is 1.29 bits per heavy atom. The Morgan fingerprint density at radius 2 is 2.12 bits per heavy atom. The molecule has 1 aromatic rings. The molecule has 0 aromatic heterocycles. The zero-order valence-corrected chi connectivity index (χ0v) is 10.4. The number of esters is 1. The maximum absolute atomic E-state index is 11.1. The monoisotopic (exact) mass is 237 g/mol. The lowest BCUT2D eigenvalue weighted by Gasteiger charge is -2.07. The van der Waals surface area contributed by atoms with Crippen molar-refractivity contribution in [2.24, 2.45) is 0 Å². The van der Waals surface area contributed by atoms with Crippen LogP contribution in [-0.2, 0) is 16.1 Å². The number of rotatable bonds is 7. The summed E-state index contributed by atoms with van der Waals surface area (Å²) in [6, 6.07) is 7.80. The molecule has 0 radical (unpaired) electrons. The van der Waals surface area contributed by atoms with E-state index in [9.17, 15) is 4.79 Å². The highest BCUT2D eigenvalue weighted by Gasteiger charge is 2.01. The van der Waals surface area contributed by atoms with E-state index in [2.05, 4.69) is 5.32 Å². The van der Waals surface area contributed by atoms with Gasteiger partial charge in [0.2, 0.25) is 0 Å². The minimum Gasteiger partial charge on any atom is -0.494 e. The number of carbonyl (C=O) groups is 1. The molecule has 1 aromatic carbocycles. The molecule has 0 bridgehead atoms. The topological polar surface area (TPSA) is 47.6 Å². The van der Waals surface area contributed by atoms with Crippen molar-refractivity contribution in [3.8, 4) is 5.75 Å². The van der Waals surface area contributed by atoms with Gasteiger partial charge in [0.25, 0.3) is 0 Å². The zero-order chi connectivity index (χ0) is 12.5. The van der Waals surface area contributed by atoms with Crippen LogP contribution in [0.15, 0.2) is 24.3 Å². The molecule has 0 spiro atoms. The fourth-order valence-corrected chi connectivity index (χ4v) is 1.43. The van der Waals surface area contributed by atoms with Gasteiger partial charge < -0.3 is 14.8 Å². The van der Waals surface area contributed by atoms with E-state index >= 15 is 0 Å². The molecular weight excluding hydrogens is 218 g/mol. The molecule has 17 heavy (non-hydrogen) atoms. The van der Waals surface area contributed by atoms with Crippen molar-refractivity contribution in [2.75, 3.05) is 19.8 Å². The Balaban J connectivity index is 2.35. The molecule has 0 saturated carbocycles. The summed E-state index contributed by atoms with van der Waals surface area (Å²) in [7, 11) is 0. The summed E-state index contributed by atoms with van der Waals surface area (Å²) < 4.78 is 10.2. The first-order chi connectivity index (χ1) is 8.26. The van der Waals surface area contributed by atoms with Crippen molar-refractivity contribution in [3.05, 3.63) is 29.8 Å². The highest BCUT2D eigenvalue weighted by molar-refractivity contribution is 5.71. The fourth-order valence-electron chi connectivity index (χ4n) is 1.43. The summed E-state index contributed by atoms with van der Waals surface area (Å²) in [6.45, 7) is 5.67. The minimum atomic E-state index is -0.228. The van der Waals surface area contributed by atoms with Crippen molar-refractivity contribution in [2.45, 2.75) is 20.4 Å². The minimum absolute atomic E-state index is 0.228. The molecule has 0 aliphatic carbocycles. The van der Waals surface area contributed by atoms with E-state index in [4.69, 9.17) is 9.47 Å². The third kappa shape index (κ3) is 5.36. The second kappa shape index (κ2) is 7.68. The number of carbonyl (C=O) groups excluding carboxylic acids is 1. The molecule has 0 atom stereocenters. The molecule has 0 fully saturated rings. The summed E-state index contributed by atoms with van der Waals surface area (Å²) >= 11 is 0. The van der Waals surface area contributed by atoms with E-state index in [1.807, 2.05) is 31.2 Å². The van der Waals surface area contributed by atoms with Gasteiger partial charge in [-0.25, -0.2) is 0 Å². The molecule has 4 heteroatoms. The van der Waals surface area contributed by atoms with Gasteiger partial charge in [-0.3, -0.25) is 4.79 Å². The summed E-state index contributed by atoms with van der Waals surface area (Å²) in [5, 5.41) is 3.03. The summed E-state index contributed by atoms with van der Waals surface area (Å²) in [4.78, 5) is 11.1. The van der Waals surface area contributed by atoms with Crippen molar-refractivity contribution < 1.29 is 14.3 Å². The van der Waals surface area contributed by atoms with Gasteiger partial charge in [-0.1, -0.05) is 12.1 Å². The Morgan fingerprint density at radius 3 is 2.82 bits per heavy atom. The molecule has 0 aliphatic heterocycles. The van der Waals surface area contributed by atoms with Crippen LogP contribution in [0.2, 0.25) is 0 Å². The quantitative estimate of drug-likeness (QED) is 0.734. The Kier molecular flexibility index (Phi) is 6.10. The normalized spacial score (nSPS) is 10.0. The Labute approximate surface area is 102 Å². The van der Waals surface area contributed by atoms with Gasteiger partial charge in [-0.05, 0) is 31.5 Å². The predicted molar refractivity (Wildman–Crippen MR) is 66.0 cm³/mol. The van der Waals surface area contributed by atoms with Crippen LogP contribution in [0, 0.1) is 0 Å². The van der Waals surface area contributed by atoms with Gasteiger partial charge in [0.1, 0.15) is 5.75 Å². The molecule has 4 nitrogen and oxygen atoms in total. The maximum atomic E-state index is 11.1. The van der Waals surface area contributed by atoms with Gasteiger partial charge >= 0.3 is 5.97 Å². The molecule has 0 aliphatic rings. The third-order valence-electron chi connectivity index (χ3n) is 2.11. The largest absolute Gasteiger partial charge is 0.494 e. The first-order valence-electron chi connectivity index (χ1n) is 5.84. The summed E-state index contributed by atoms with van der Waals surface area (Å²) in [6.07, 6.45) is 0. The van der Waals surface area contributed by atoms with Crippen LogP contribution in [0.1, 0.15) is 19.4 Å². The fraction of sp³-hybridized carbons (Fsp3) is 0.462. The van der Waals surface area contributed by atoms with Crippen molar-refractivity contribution >= 4 is 5.97 Å². The number of hydrogen-bond acceptors (Lipinski definition) is 4. The molecule has 0 amide bonds. The van der Waals surface area contributed by atoms with Crippen LogP contribution >= 0.6 is 0 Å². The number of hydrogen-bond donors (Lipinski definition) is 1. The summed E-state index contributed by atoms with van der Waals surface area (Å²) in [5.74, 6) is 0.622. The standard InChI is InChI=1S/C13H19NO3/c1-3-16-12-7-5-6-11(8-12)9-14-10-13(15)17-4-2/h5-8,14H,3-4,9-10H2,1-2H3. The average Bonchev–Trinajstić information content (AvgIpc) is 2.30. The zero-order valence-electron chi connectivity index (χ0n) is 10.4. The first-order valence-corrected chi connectivity index (χ1v) is 5.84. The second-order valence-electron chi connectivity index (χ2n) is 3.49. The van der Waals surface area contributed by atoms with E-state index < -0.39 is 0 Å². The van der Waals surface area contributed by atoms with E-state index in [1.54, 1.807) is 6.92 Å². The van der Waals surface area contributed by atoms with E-state index in [1.165, 1.54) is 0 Å². The van der Waals surface area contributed by atoms with Crippen molar-refractivity contribution in [3.63, 3.8) is 0 Å². The second-order valence-corrected chi connectivity index (χ2v) is 3.49. The van der Waals surface area contributed by atoms with Crippen LogP contribution in [0.25, 0.3) is 0 Å². The smallest absolute Gasteiger partial charge is 0.319 e. The molecule has 1 rings (SSSR count). The average molecular weight is 237 g/mol. The van der Waals surface area contributed by atoms with Gasteiger partial charge in [-0.15, -0.1) is 0 Å². The van der Waals surface area contributed by atoms with Gasteiger partial charge in [-0.2, -0.15) is 0 Å². The van der Waals surface area contributed by atoms with Crippen LogP contribution in [-0.4, -0.2) is 25.7 Å². The van der Waals surface area contributed by atoms with Crippen LogP contribution in [0.5, 0.6) is 5.75 Å².